The number of carbonyl (C=O) groups excluding carboxylic acids is 1. The van der Waals surface area contributed by atoms with E-state index in [-0.39, 0.29) is 17.4 Å². The molecule has 0 bridgehead atoms. The van der Waals surface area contributed by atoms with Gasteiger partial charge in [0, 0.05) is 18.8 Å². The van der Waals surface area contributed by atoms with E-state index in [0.29, 0.717) is 6.54 Å². The lowest BCUT2D eigenvalue weighted by molar-refractivity contribution is -0.137. The van der Waals surface area contributed by atoms with Gasteiger partial charge in [-0.3, -0.25) is 4.79 Å². The molecule has 136 valence electrons. The van der Waals surface area contributed by atoms with Crippen molar-refractivity contribution in [1.82, 2.24) is 15.1 Å². The Morgan fingerprint density at radius 1 is 1.36 bits per heavy atom. The molecule has 2 aromatic rings. The lowest BCUT2D eigenvalue weighted by Crippen LogP contribution is -2.40. The summed E-state index contributed by atoms with van der Waals surface area (Å²) in [5.41, 5.74) is 5.24. The average molecular weight is 354 g/mol. The van der Waals surface area contributed by atoms with Crippen molar-refractivity contribution in [3.05, 3.63) is 47.8 Å². The summed E-state index contributed by atoms with van der Waals surface area (Å²) in [6.45, 7) is 2.37. The number of nitrogens with one attached hydrogen (secondary N) is 1. The summed E-state index contributed by atoms with van der Waals surface area (Å²) in [7, 11) is 0. The predicted molar refractivity (Wildman–Crippen MR) is 88.4 cm³/mol. The van der Waals surface area contributed by atoms with Gasteiger partial charge in [-0.15, -0.1) is 0 Å². The van der Waals surface area contributed by atoms with Crippen LogP contribution >= 0.6 is 0 Å². The van der Waals surface area contributed by atoms with Crippen LogP contribution in [-0.4, -0.2) is 28.3 Å². The number of halogens is 3. The summed E-state index contributed by atoms with van der Waals surface area (Å²) in [5.74, 6) is -0.391. The van der Waals surface area contributed by atoms with Crippen molar-refractivity contribution in [1.29, 1.82) is 0 Å². The molecule has 1 aromatic carbocycles. The van der Waals surface area contributed by atoms with Crippen molar-refractivity contribution in [3.63, 3.8) is 0 Å². The third kappa shape index (κ3) is 5.06. The van der Waals surface area contributed by atoms with Gasteiger partial charge in [0.2, 0.25) is 0 Å². The highest BCUT2D eigenvalue weighted by atomic mass is 19.4. The molecule has 1 amide bonds. The van der Waals surface area contributed by atoms with Gasteiger partial charge in [-0.1, -0.05) is 25.8 Å². The molecule has 8 heteroatoms. The largest absolute Gasteiger partial charge is 0.416 e. The predicted octanol–water partition coefficient (Wildman–Crippen LogP) is 3.14. The van der Waals surface area contributed by atoms with Crippen LogP contribution in [0.5, 0.6) is 0 Å². The first-order valence-electron chi connectivity index (χ1n) is 8.09. The Morgan fingerprint density at radius 3 is 2.76 bits per heavy atom. The average Bonchev–Trinajstić information content (AvgIpc) is 3.08. The minimum atomic E-state index is -4.43. The van der Waals surface area contributed by atoms with E-state index >= 15 is 0 Å². The maximum absolute atomic E-state index is 12.8. The molecule has 0 fully saturated rings. The van der Waals surface area contributed by atoms with Crippen molar-refractivity contribution in [2.45, 2.75) is 38.4 Å². The summed E-state index contributed by atoms with van der Waals surface area (Å²) >= 11 is 0. The van der Waals surface area contributed by atoms with Gasteiger partial charge in [0.15, 0.2) is 5.69 Å². The number of hydrogen-bond acceptors (Lipinski definition) is 3. The molecule has 1 atom stereocenters. The van der Waals surface area contributed by atoms with Gasteiger partial charge in [0.1, 0.15) is 0 Å². The fourth-order valence-corrected chi connectivity index (χ4v) is 2.37. The minimum absolute atomic E-state index is 0.132. The van der Waals surface area contributed by atoms with Crippen LogP contribution in [0.15, 0.2) is 36.5 Å². The van der Waals surface area contributed by atoms with Crippen LogP contribution in [0.4, 0.5) is 13.2 Å². The molecule has 3 N–H and O–H groups in total. The quantitative estimate of drug-likeness (QED) is 0.802. The Hall–Kier alpha value is -2.35. The molecule has 0 radical (unpaired) electrons. The highest BCUT2D eigenvalue weighted by Gasteiger charge is 2.30. The van der Waals surface area contributed by atoms with Crippen LogP contribution in [0.25, 0.3) is 5.69 Å². The van der Waals surface area contributed by atoms with Crippen LogP contribution in [0.3, 0.4) is 0 Å². The van der Waals surface area contributed by atoms with Gasteiger partial charge in [0.05, 0.1) is 11.3 Å². The van der Waals surface area contributed by atoms with Crippen LogP contribution in [0.1, 0.15) is 42.2 Å². The molecule has 0 saturated heterocycles. The van der Waals surface area contributed by atoms with Crippen LogP contribution < -0.4 is 11.1 Å². The van der Waals surface area contributed by atoms with E-state index < -0.39 is 17.6 Å². The number of rotatable bonds is 7. The SMILES string of the molecule is CCCCC(CN)NC(=O)c1ccn(-c2cccc(C(F)(F)F)c2)n1. The van der Waals surface area contributed by atoms with Crippen molar-refractivity contribution in [3.8, 4) is 5.69 Å². The second-order valence-corrected chi connectivity index (χ2v) is 5.74. The molecule has 5 nitrogen and oxygen atoms in total. The second kappa shape index (κ2) is 8.15. The molecular formula is C17H21F3N4O. The normalized spacial score (nSPS) is 12.8. The highest BCUT2D eigenvalue weighted by molar-refractivity contribution is 5.92. The fourth-order valence-electron chi connectivity index (χ4n) is 2.37. The molecule has 1 unspecified atom stereocenters. The number of benzene rings is 1. The number of hydrogen-bond donors (Lipinski definition) is 2. The van der Waals surface area contributed by atoms with Crippen LogP contribution in [0, 0.1) is 0 Å². The van der Waals surface area contributed by atoms with Crippen molar-refractivity contribution in [2.75, 3.05) is 6.54 Å². The minimum Gasteiger partial charge on any atom is -0.347 e. The van der Waals surface area contributed by atoms with Crippen LogP contribution in [0.2, 0.25) is 0 Å². The fraction of sp³-hybridized carbons (Fsp3) is 0.412. The van der Waals surface area contributed by atoms with Gasteiger partial charge in [0.25, 0.3) is 5.91 Å². The first-order chi connectivity index (χ1) is 11.8. The first-order valence-corrected chi connectivity index (χ1v) is 8.09. The highest BCUT2D eigenvalue weighted by Crippen LogP contribution is 2.30. The number of nitrogens with two attached hydrogens (primary N) is 1. The number of unbranched alkanes of at least 4 members (excludes halogenated alkanes) is 1. The van der Waals surface area contributed by atoms with Crippen molar-refractivity contribution < 1.29 is 18.0 Å². The van der Waals surface area contributed by atoms with E-state index in [1.54, 1.807) is 0 Å². The standard InChI is InChI=1S/C17H21F3N4O/c1-2-3-6-13(11-21)22-16(25)15-8-9-24(23-15)14-7-4-5-12(10-14)17(18,19)20/h4-5,7-10,13H,2-3,6,11,21H2,1H3,(H,22,25). The van der Waals surface area contributed by atoms with Gasteiger partial charge in [-0.05, 0) is 30.7 Å². The number of alkyl halides is 3. The molecule has 0 aliphatic rings. The van der Waals surface area contributed by atoms with Gasteiger partial charge in [-0.2, -0.15) is 18.3 Å². The number of aromatic nitrogens is 2. The summed E-state index contributed by atoms with van der Waals surface area (Å²) in [5, 5.41) is 6.87. The Bertz CT molecular complexity index is 712. The summed E-state index contributed by atoms with van der Waals surface area (Å²) < 4.78 is 39.6. The van der Waals surface area contributed by atoms with E-state index in [1.807, 2.05) is 6.92 Å². The third-order valence-electron chi connectivity index (χ3n) is 3.79. The van der Waals surface area contributed by atoms with E-state index in [1.165, 1.54) is 29.1 Å². The molecule has 2 rings (SSSR count). The van der Waals surface area contributed by atoms with E-state index in [9.17, 15) is 18.0 Å². The Morgan fingerprint density at radius 2 is 2.12 bits per heavy atom. The van der Waals surface area contributed by atoms with E-state index in [0.717, 1.165) is 31.4 Å². The van der Waals surface area contributed by atoms with Crippen molar-refractivity contribution >= 4 is 5.91 Å². The lowest BCUT2D eigenvalue weighted by Gasteiger charge is -2.15. The molecule has 0 spiro atoms. The lowest BCUT2D eigenvalue weighted by atomic mass is 10.1. The first kappa shape index (κ1) is 19.0. The summed E-state index contributed by atoms with van der Waals surface area (Å²) in [6, 6.07) is 6.08. The maximum Gasteiger partial charge on any atom is 0.416 e. The van der Waals surface area contributed by atoms with E-state index in [2.05, 4.69) is 10.4 Å². The van der Waals surface area contributed by atoms with E-state index in [4.69, 9.17) is 5.73 Å². The maximum atomic E-state index is 12.8. The molecular weight excluding hydrogens is 333 g/mol. The number of nitrogens with zero attached hydrogens (tertiary/aromatic N) is 2. The molecule has 25 heavy (non-hydrogen) atoms. The summed E-state index contributed by atoms with van der Waals surface area (Å²) in [4.78, 5) is 12.2. The molecule has 1 aromatic heterocycles. The smallest absolute Gasteiger partial charge is 0.347 e. The molecule has 0 saturated carbocycles. The zero-order valence-electron chi connectivity index (χ0n) is 13.9. The van der Waals surface area contributed by atoms with Gasteiger partial charge < -0.3 is 11.1 Å². The topological polar surface area (TPSA) is 72.9 Å². The molecule has 0 aliphatic heterocycles. The zero-order valence-corrected chi connectivity index (χ0v) is 13.9. The Balaban J connectivity index is 2.13. The van der Waals surface area contributed by atoms with Gasteiger partial charge >= 0.3 is 6.18 Å². The van der Waals surface area contributed by atoms with Crippen molar-refractivity contribution in [2.24, 2.45) is 5.73 Å². The Kier molecular flexibility index (Phi) is 6.19. The molecule has 0 aliphatic carbocycles. The van der Waals surface area contributed by atoms with Gasteiger partial charge in [-0.25, -0.2) is 4.68 Å². The second-order valence-electron chi connectivity index (χ2n) is 5.74. The number of carbonyl (C=O) groups is 1. The van der Waals surface area contributed by atoms with Crippen LogP contribution in [-0.2, 0) is 6.18 Å². The molecule has 1 heterocycles. The third-order valence-corrected chi connectivity index (χ3v) is 3.79. The summed E-state index contributed by atoms with van der Waals surface area (Å²) in [6.07, 6.45) is -0.269. The monoisotopic (exact) mass is 354 g/mol. The zero-order chi connectivity index (χ0) is 18.4. The Labute approximate surface area is 144 Å². The number of amides is 1.